The zero-order valence-corrected chi connectivity index (χ0v) is 10.1. The Labute approximate surface area is 99.4 Å². The maximum atomic E-state index is 6.33. The fraction of sp³-hybridized carbons (Fsp3) is 0.500. The van der Waals surface area contributed by atoms with E-state index in [4.69, 9.17) is 17.3 Å². The molecule has 1 atom stereocenters. The van der Waals surface area contributed by atoms with Gasteiger partial charge in [0.25, 0.3) is 0 Å². The minimum Gasteiger partial charge on any atom is -0.325 e. The van der Waals surface area contributed by atoms with Crippen LogP contribution in [0.1, 0.15) is 30.7 Å². The summed E-state index contributed by atoms with van der Waals surface area (Å²) in [6.07, 6.45) is 3.59. The summed E-state index contributed by atoms with van der Waals surface area (Å²) in [5.41, 5.74) is 7.86. The highest BCUT2D eigenvalue weighted by Gasteiger charge is 2.47. The highest BCUT2D eigenvalue weighted by molar-refractivity contribution is 7.99. The van der Waals surface area contributed by atoms with Crippen LogP contribution in [0.5, 0.6) is 0 Å². The van der Waals surface area contributed by atoms with Crippen LogP contribution in [0.4, 0.5) is 0 Å². The van der Waals surface area contributed by atoms with Gasteiger partial charge in [-0.05, 0) is 42.7 Å². The molecule has 80 valence electrons. The first-order valence-corrected chi connectivity index (χ1v) is 6.76. The van der Waals surface area contributed by atoms with E-state index in [1.54, 1.807) is 0 Å². The lowest BCUT2D eigenvalue weighted by molar-refractivity contribution is 0.497. The molecule has 0 aromatic heterocycles. The molecule has 2 aliphatic rings. The van der Waals surface area contributed by atoms with Crippen molar-refractivity contribution in [3.63, 3.8) is 0 Å². The van der Waals surface area contributed by atoms with Gasteiger partial charge < -0.3 is 5.73 Å². The number of rotatable bonds is 1. The monoisotopic (exact) mass is 239 g/mol. The topological polar surface area (TPSA) is 26.0 Å². The van der Waals surface area contributed by atoms with Gasteiger partial charge in [0.1, 0.15) is 0 Å². The second-order valence-corrected chi connectivity index (χ2v) is 6.18. The second-order valence-electron chi connectivity index (χ2n) is 4.61. The molecule has 0 bridgehead atoms. The lowest BCUT2D eigenvalue weighted by Gasteiger charge is -2.30. The van der Waals surface area contributed by atoms with Gasteiger partial charge in [-0.15, -0.1) is 11.8 Å². The van der Waals surface area contributed by atoms with Crippen molar-refractivity contribution in [1.29, 1.82) is 0 Å². The first-order chi connectivity index (χ1) is 7.19. The van der Waals surface area contributed by atoms with Crippen LogP contribution in [0, 0.1) is 0 Å². The van der Waals surface area contributed by atoms with E-state index in [1.165, 1.54) is 35.5 Å². The minimum absolute atomic E-state index is 0.101. The summed E-state index contributed by atoms with van der Waals surface area (Å²) in [6, 6.07) is 6.24. The third kappa shape index (κ3) is 1.69. The summed E-state index contributed by atoms with van der Waals surface area (Å²) >= 11 is 7.92. The van der Waals surface area contributed by atoms with Crippen LogP contribution in [0.2, 0.25) is 5.02 Å². The molecule has 1 aliphatic carbocycles. The van der Waals surface area contributed by atoms with E-state index in [0.29, 0.717) is 5.92 Å². The number of halogens is 1. The van der Waals surface area contributed by atoms with Crippen molar-refractivity contribution < 1.29 is 0 Å². The predicted octanol–water partition coefficient (Wildman–Crippen LogP) is 3.41. The maximum Gasteiger partial charge on any atom is 0.0417 e. The summed E-state index contributed by atoms with van der Waals surface area (Å²) < 4.78 is 0. The number of hydrogen-bond acceptors (Lipinski definition) is 2. The third-order valence-corrected chi connectivity index (χ3v) is 4.88. The molecule has 1 heterocycles. The smallest absolute Gasteiger partial charge is 0.0417 e. The Morgan fingerprint density at radius 1 is 1.40 bits per heavy atom. The van der Waals surface area contributed by atoms with Gasteiger partial charge in [-0.2, -0.15) is 0 Å². The number of thioether (sulfide) groups is 1. The Bertz CT molecular complexity index is 401. The van der Waals surface area contributed by atoms with Crippen LogP contribution in [0.15, 0.2) is 23.1 Å². The standard InChI is InChI=1S/C12H14ClNS/c13-8-1-2-9-10(12(14)4-5-12)3-6-15-11(9)7-8/h1-2,7,10H,3-6,14H2. The van der Waals surface area contributed by atoms with Crippen LogP contribution in [-0.4, -0.2) is 11.3 Å². The first kappa shape index (κ1) is 10.0. The molecule has 2 N–H and O–H groups in total. The van der Waals surface area contributed by atoms with Crippen molar-refractivity contribution in [3.05, 3.63) is 28.8 Å². The normalized spacial score (nSPS) is 27.2. The molecular formula is C12H14ClNS. The van der Waals surface area contributed by atoms with Crippen molar-refractivity contribution in [2.75, 3.05) is 5.75 Å². The fourth-order valence-electron chi connectivity index (χ4n) is 2.45. The minimum atomic E-state index is 0.101. The molecule has 1 unspecified atom stereocenters. The summed E-state index contributed by atoms with van der Waals surface area (Å²) in [5.74, 6) is 1.74. The number of hydrogen-bond donors (Lipinski definition) is 1. The molecule has 3 heteroatoms. The molecule has 0 spiro atoms. The van der Waals surface area contributed by atoms with Crippen LogP contribution in [-0.2, 0) is 0 Å². The zero-order chi connectivity index (χ0) is 10.5. The summed E-state index contributed by atoms with van der Waals surface area (Å²) in [4.78, 5) is 1.34. The second kappa shape index (κ2) is 3.41. The van der Waals surface area contributed by atoms with E-state index < -0.39 is 0 Å². The molecule has 1 aliphatic heterocycles. The van der Waals surface area contributed by atoms with Crippen LogP contribution in [0.3, 0.4) is 0 Å². The average molecular weight is 240 g/mol. The first-order valence-electron chi connectivity index (χ1n) is 5.40. The van der Waals surface area contributed by atoms with Crippen LogP contribution >= 0.6 is 23.4 Å². The van der Waals surface area contributed by atoms with E-state index in [-0.39, 0.29) is 5.54 Å². The van der Waals surface area contributed by atoms with Crippen LogP contribution in [0.25, 0.3) is 0 Å². The van der Waals surface area contributed by atoms with Gasteiger partial charge in [0.2, 0.25) is 0 Å². The molecule has 1 aromatic rings. The van der Waals surface area contributed by atoms with Gasteiger partial charge in [-0.25, -0.2) is 0 Å². The Balaban J connectivity index is 2.03. The number of benzene rings is 1. The molecule has 3 rings (SSSR count). The van der Waals surface area contributed by atoms with Gasteiger partial charge in [0, 0.05) is 21.4 Å². The van der Waals surface area contributed by atoms with E-state index in [9.17, 15) is 0 Å². The van der Waals surface area contributed by atoms with E-state index in [1.807, 2.05) is 17.8 Å². The Hall–Kier alpha value is -0.180. The molecule has 0 radical (unpaired) electrons. The maximum absolute atomic E-state index is 6.33. The number of fused-ring (bicyclic) bond motifs is 1. The fourth-order valence-corrected chi connectivity index (χ4v) is 3.85. The SMILES string of the molecule is NC1(C2CCSc3cc(Cl)ccc32)CC1. The average Bonchev–Trinajstić information content (AvgIpc) is 2.96. The summed E-state index contributed by atoms with van der Waals surface area (Å²) in [5, 5.41) is 0.837. The Kier molecular flexibility index (Phi) is 2.27. The Morgan fingerprint density at radius 2 is 2.20 bits per heavy atom. The molecule has 15 heavy (non-hydrogen) atoms. The lowest BCUT2D eigenvalue weighted by Crippen LogP contribution is -2.32. The third-order valence-electron chi connectivity index (χ3n) is 3.54. The summed E-state index contributed by atoms with van der Waals surface area (Å²) in [6.45, 7) is 0. The largest absolute Gasteiger partial charge is 0.325 e. The van der Waals surface area contributed by atoms with Gasteiger partial charge in [-0.1, -0.05) is 17.7 Å². The lowest BCUT2D eigenvalue weighted by atomic mass is 9.87. The quantitative estimate of drug-likeness (QED) is 0.813. The predicted molar refractivity (Wildman–Crippen MR) is 65.7 cm³/mol. The summed E-state index contributed by atoms with van der Waals surface area (Å²) in [7, 11) is 0. The van der Waals surface area contributed by atoms with Crippen molar-refractivity contribution in [2.24, 2.45) is 5.73 Å². The van der Waals surface area contributed by atoms with Gasteiger partial charge in [0.15, 0.2) is 0 Å². The van der Waals surface area contributed by atoms with Crippen molar-refractivity contribution in [1.82, 2.24) is 0 Å². The molecule has 1 saturated carbocycles. The van der Waals surface area contributed by atoms with E-state index >= 15 is 0 Å². The molecular weight excluding hydrogens is 226 g/mol. The molecule has 1 aromatic carbocycles. The molecule has 0 amide bonds. The van der Waals surface area contributed by atoms with Gasteiger partial charge in [-0.3, -0.25) is 0 Å². The Morgan fingerprint density at radius 3 is 2.93 bits per heavy atom. The van der Waals surface area contributed by atoms with E-state index in [2.05, 4.69) is 12.1 Å². The highest BCUT2D eigenvalue weighted by Crippen LogP contribution is 2.51. The van der Waals surface area contributed by atoms with Crippen molar-refractivity contribution in [3.8, 4) is 0 Å². The van der Waals surface area contributed by atoms with Crippen molar-refractivity contribution in [2.45, 2.75) is 35.6 Å². The van der Waals surface area contributed by atoms with Gasteiger partial charge in [0.05, 0.1) is 0 Å². The molecule has 1 fully saturated rings. The van der Waals surface area contributed by atoms with Crippen LogP contribution < -0.4 is 5.73 Å². The number of nitrogens with two attached hydrogens (primary N) is 1. The highest BCUT2D eigenvalue weighted by atomic mass is 35.5. The van der Waals surface area contributed by atoms with Crippen molar-refractivity contribution >= 4 is 23.4 Å². The zero-order valence-electron chi connectivity index (χ0n) is 8.50. The van der Waals surface area contributed by atoms with Gasteiger partial charge >= 0.3 is 0 Å². The molecule has 1 nitrogen and oxygen atoms in total. The molecule has 0 saturated heterocycles. The van der Waals surface area contributed by atoms with E-state index in [0.717, 1.165) is 5.02 Å².